The Morgan fingerprint density at radius 2 is 1.88 bits per heavy atom. The summed E-state index contributed by atoms with van der Waals surface area (Å²) in [4.78, 5) is 12.7. The van der Waals surface area contributed by atoms with Gasteiger partial charge < -0.3 is 20.5 Å². The summed E-state index contributed by atoms with van der Waals surface area (Å²) in [5, 5.41) is 16.3. The number of pyridine rings is 1. The van der Waals surface area contributed by atoms with Crippen molar-refractivity contribution in [3.05, 3.63) is 66.6 Å². The average Bonchev–Trinajstić information content (AvgIpc) is 2.68. The maximum Gasteiger partial charge on any atom is 0.229 e. The molecule has 25 heavy (non-hydrogen) atoms. The molecule has 3 N–H and O–H groups in total. The quantitative estimate of drug-likeness (QED) is 0.610. The number of nitrogens with zero attached hydrogens (tertiary/aromatic N) is 3. The third-order valence-electron chi connectivity index (χ3n) is 3.51. The van der Waals surface area contributed by atoms with Crippen molar-refractivity contribution < 1.29 is 9.84 Å². The van der Waals surface area contributed by atoms with E-state index in [0.29, 0.717) is 24.0 Å². The van der Waals surface area contributed by atoms with E-state index in [-0.39, 0.29) is 0 Å². The summed E-state index contributed by atoms with van der Waals surface area (Å²) in [6.07, 6.45) is 2.59. The number of methoxy groups -OCH3 is 1. The maximum atomic E-state index is 10.1. The van der Waals surface area contributed by atoms with E-state index < -0.39 is 6.10 Å². The standard InChI is InChI=1S/C18H19N5O2/c1-25-14-7-5-13(6-8-14)22-18-20-11-9-17(23-18)21-12-16(24)15-4-2-3-10-19-15/h2-11,16,24H,12H2,1H3,(H2,20,21,22,23). The van der Waals surface area contributed by atoms with Gasteiger partial charge in [-0.05, 0) is 42.5 Å². The number of hydrogen-bond donors (Lipinski definition) is 3. The number of aromatic nitrogens is 3. The van der Waals surface area contributed by atoms with E-state index in [1.807, 2.05) is 36.4 Å². The molecule has 3 aromatic rings. The van der Waals surface area contributed by atoms with Gasteiger partial charge in [-0.15, -0.1) is 0 Å². The lowest BCUT2D eigenvalue weighted by molar-refractivity contribution is 0.186. The Hall–Kier alpha value is -3.19. The van der Waals surface area contributed by atoms with Crippen molar-refractivity contribution in [2.75, 3.05) is 24.3 Å². The van der Waals surface area contributed by atoms with Crippen LogP contribution in [0.25, 0.3) is 0 Å². The van der Waals surface area contributed by atoms with Crippen LogP contribution >= 0.6 is 0 Å². The van der Waals surface area contributed by atoms with E-state index >= 15 is 0 Å². The molecule has 0 fully saturated rings. The molecular formula is C18H19N5O2. The number of aliphatic hydroxyl groups is 1. The minimum Gasteiger partial charge on any atom is -0.497 e. The second-order valence-electron chi connectivity index (χ2n) is 5.27. The number of nitrogens with one attached hydrogen (secondary N) is 2. The van der Waals surface area contributed by atoms with Crippen LogP contribution in [0.4, 0.5) is 17.5 Å². The van der Waals surface area contributed by atoms with E-state index in [4.69, 9.17) is 4.74 Å². The third-order valence-corrected chi connectivity index (χ3v) is 3.51. The van der Waals surface area contributed by atoms with Crippen LogP contribution in [0.2, 0.25) is 0 Å². The first kappa shape index (κ1) is 16.7. The predicted molar refractivity (Wildman–Crippen MR) is 96.0 cm³/mol. The fourth-order valence-electron chi connectivity index (χ4n) is 2.20. The normalized spacial score (nSPS) is 11.6. The fourth-order valence-corrected chi connectivity index (χ4v) is 2.20. The molecule has 0 saturated carbocycles. The lowest BCUT2D eigenvalue weighted by atomic mass is 10.2. The van der Waals surface area contributed by atoms with Crippen LogP contribution in [0.15, 0.2) is 60.9 Å². The van der Waals surface area contributed by atoms with Gasteiger partial charge in [-0.1, -0.05) is 6.07 Å². The van der Waals surface area contributed by atoms with Gasteiger partial charge in [0.1, 0.15) is 17.7 Å². The summed E-state index contributed by atoms with van der Waals surface area (Å²) < 4.78 is 5.13. The molecular weight excluding hydrogens is 318 g/mol. The molecule has 0 aliphatic carbocycles. The predicted octanol–water partition coefficient (Wildman–Crippen LogP) is 2.77. The van der Waals surface area contributed by atoms with Crippen LogP contribution in [-0.4, -0.2) is 33.7 Å². The van der Waals surface area contributed by atoms with Gasteiger partial charge >= 0.3 is 0 Å². The summed E-state index contributed by atoms with van der Waals surface area (Å²) in [6, 6.07) is 14.6. The zero-order valence-electron chi connectivity index (χ0n) is 13.8. The minimum absolute atomic E-state index is 0.302. The van der Waals surface area contributed by atoms with Gasteiger partial charge in [0.05, 0.1) is 12.8 Å². The molecule has 128 valence electrons. The molecule has 3 rings (SSSR count). The Morgan fingerprint density at radius 1 is 1.04 bits per heavy atom. The SMILES string of the molecule is COc1ccc(Nc2nccc(NCC(O)c3ccccn3)n2)cc1. The van der Waals surface area contributed by atoms with Crippen molar-refractivity contribution in [3.8, 4) is 5.75 Å². The molecule has 0 bridgehead atoms. The van der Waals surface area contributed by atoms with Crippen molar-refractivity contribution in [1.82, 2.24) is 15.0 Å². The highest BCUT2D eigenvalue weighted by molar-refractivity contribution is 5.55. The number of benzene rings is 1. The van der Waals surface area contributed by atoms with Gasteiger partial charge in [0.2, 0.25) is 5.95 Å². The van der Waals surface area contributed by atoms with E-state index in [1.54, 1.807) is 31.6 Å². The molecule has 0 aliphatic rings. The molecule has 7 nitrogen and oxygen atoms in total. The second kappa shape index (κ2) is 8.07. The molecule has 0 radical (unpaired) electrons. The Morgan fingerprint density at radius 3 is 2.60 bits per heavy atom. The summed E-state index contributed by atoms with van der Waals surface area (Å²) in [5.74, 6) is 1.86. The van der Waals surface area contributed by atoms with Gasteiger partial charge in [0.15, 0.2) is 0 Å². The zero-order chi connectivity index (χ0) is 17.5. The largest absolute Gasteiger partial charge is 0.497 e. The van der Waals surface area contributed by atoms with Crippen LogP contribution in [0.1, 0.15) is 11.8 Å². The number of aliphatic hydroxyl groups excluding tert-OH is 1. The first-order valence-corrected chi connectivity index (χ1v) is 7.81. The smallest absolute Gasteiger partial charge is 0.229 e. The average molecular weight is 337 g/mol. The Kier molecular flexibility index (Phi) is 5.38. The first-order valence-electron chi connectivity index (χ1n) is 7.81. The Bertz CT molecular complexity index is 796. The van der Waals surface area contributed by atoms with Gasteiger partial charge in [-0.3, -0.25) is 4.98 Å². The van der Waals surface area contributed by atoms with Crippen molar-refractivity contribution in [2.24, 2.45) is 0 Å². The van der Waals surface area contributed by atoms with E-state index in [9.17, 15) is 5.11 Å². The molecule has 0 saturated heterocycles. The number of hydrogen-bond acceptors (Lipinski definition) is 7. The highest BCUT2D eigenvalue weighted by atomic mass is 16.5. The summed E-state index contributed by atoms with van der Waals surface area (Å²) in [6.45, 7) is 0.302. The molecule has 1 unspecified atom stereocenters. The summed E-state index contributed by atoms with van der Waals surface area (Å²) in [5.41, 5.74) is 1.46. The second-order valence-corrected chi connectivity index (χ2v) is 5.27. The Balaban J connectivity index is 1.61. The molecule has 7 heteroatoms. The van der Waals surface area contributed by atoms with Crippen molar-refractivity contribution in [2.45, 2.75) is 6.10 Å². The van der Waals surface area contributed by atoms with Gasteiger partial charge in [0, 0.05) is 24.6 Å². The molecule has 0 aliphatic heterocycles. The van der Waals surface area contributed by atoms with Crippen molar-refractivity contribution in [1.29, 1.82) is 0 Å². The lowest BCUT2D eigenvalue weighted by Gasteiger charge is -2.12. The third kappa shape index (κ3) is 4.65. The van der Waals surface area contributed by atoms with Gasteiger partial charge in [-0.25, -0.2) is 4.98 Å². The highest BCUT2D eigenvalue weighted by Crippen LogP contribution is 2.18. The fraction of sp³-hybridized carbons (Fsp3) is 0.167. The number of anilines is 3. The van der Waals surface area contributed by atoms with Crippen LogP contribution in [-0.2, 0) is 0 Å². The molecule has 0 amide bonds. The monoisotopic (exact) mass is 337 g/mol. The first-order chi connectivity index (χ1) is 12.2. The van der Waals surface area contributed by atoms with Crippen molar-refractivity contribution >= 4 is 17.5 Å². The van der Waals surface area contributed by atoms with Crippen molar-refractivity contribution in [3.63, 3.8) is 0 Å². The van der Waals surface area contributed by atoms with E-state index in [0.717, 1.165) is 11.4 Å². The number of ether oxygens (including phenoxy) is 1. The lowest BCUT2D eigenvalue weighted by Crippen LogP contribution is -2.14. The van der Waals surface area contributed by atoms with Gasteiger partial charge in [0.25, 0.3) is 0 Å². The highest BCUT2D eigenvalue weighted by Gasteiger charge is 2.08. The summed E-state index contributed by atoms with van der Waals surface area (Å²) >= 11 is 0. The van der Waals surface area contributed by atoms with Crippen LogP contribution in [0, 0.1) is 0 Å². The van der Waals surface area contributed by atoms with Crippen LogP contribution in [0.3, 0.4) is 0 Å². The molecule has 1 aromatic carbocycles. The topological polar surface area (TPSA) is 92.2 Å². The molecule has 2 heterocycles. The van der Waals surface area contributed by atoms with Crippen LogP contribution < -0.4 is 15.4 Å². The van der Waals surface area contributed by atoms with E-state index in [1.165, 1.54) is 0 Å². The van der Waals surface area contributed by atoms with E-state index in [2.05, 4.69) is 25.6 Å². The Labute approximate surface area is 145 Å². The van der Waals surface area contributed by atoms with Crippen LogP contribution in [0.5, 0.6) is 5.75 Å². The zero-order valence-corrected chi connectivity index (χ0v) is 13.8. The number of rotatable bonds is 7. The minimum atomic E-state index is -0.714. The van der Waals surface area contributed by atoms with Gasteiger partial charge in [-0.2, -0.15) is 4.98 Å². The molecule has 1 atom stereocenters. The molecule has 2 aromatic heterocycles. The maximum absolute atomic E-state index is 10.1. The molecule has 0 spiro atoms. The summed E-state index contributed by atoms with van der Waals surface area (Å²) in [7, 11) is 1.63.